The maximum atomic E-state index is 6.30. The summed E-state index contributed by atoms with van der Waals surface area (Å²) in [7, 11) is 0. The molecule has 1 aliphatic rings. The van der Waals surface area contributed by atoms with Crippen LogP contribution in [0.25, 0.3) is 0 Å². The highest BCUT2D eigenvalue weighted by Crippen LogP contribution is 2.34. The smallest absolute Gasteiger partial charge is 0.207 e. The van der Waals surface area contributed by atoms with Crippen molar-refractivity contribution in [1.82, 2.24) is 9.55 Å². The zero-order valence-corrected chi connectivity index (χ0v) is 13.6. The fourth-order valence-corrected chi connectivity index (χ4v) is 3.36. The van der Waals surface area contributed by atoms with Crippen molar-refractivity contribution < 1.29 is 0 Å². The van der Waals surface area contributed by atoms with Crippen LogP contribution in [0.3, 0.4) is 0 Å². The Hall–Kier alpha value is -1.19. The molecular formula is C16H19Cl2N3. The molecule has 5 heteroatoms. The predicted molar refractivity (Wildman–Crippen MR) is 88.8 cm³/mol. The predicted octanol–water partition coefficient (Wildman–Crippen LogP) is 5.75. The first-order chi connectivity index (χ1) is 10.1. The van der Waals surface area contributed by atoms with E-state index in [4.69, 9.17) is 23.2 Å². The second kappa shape index (κ2) is 6.29. The lowest BCUT2D eigenvalue weighted by atomic mass is 9.95. The molecule has 0 aliphatic heterocycles. The quantitative estimate of drug-likeness (QED) is 0.779. The zero-order valence-electron chi connectivity index (χ0n) is 12.1. The van der Waals surface area contributed by atoms with Crippen LogP contribution >= 0.6 is 23.2 Å². The second-order valence-electron chi connectivity index (χ2n) is 5.66. The number of halogens is 2. The van der Waals surface area contributed by atoms with Gasteiger partial charge >= 0.3 is 0 Å². The van der Waals surface area contributed by atoms with Crippen molar-refractivity contribution in [2.75, 3.05) is 5.32 Å². The number of benzene rings is 1. The summed E-state index contributed by atoms with van der Waals surface area (Å²) in [6.45, 7) is 1.95. The van der Waals surface area contributed by atoms with Gasteiger partial charge in [-0.15, -0.1) is 0 Å². The maximum absolute atomic E-state index is 6.30. The molecule has 1 aliphatic carbocycles. The Bertz CT molecular complexity index is 630. The monoisotopic (exact) mass is 323 g/mol. The fourth-order valence-electron chi connectivity index (χ4n) is 2.93. The fraction of sp³-hybridized carbons (Fsp3) is 0.438. The summed E-state index contributed by atoms with van der Waals surface area (Å²) in [4.78, 5) is 4.43. The third-order valence-corrected chi connectivity index (χ3v) is 4.85. The first-order valence-corrected chi connectivity index (χ1v) is 8.16. The first-order valence-electron chi connectivity index (χ1n) is 7.40. The van der Waals surface area contributed by atoms with Crippen molar-refractivity contribution in [3.63, 3.8) is 0 Å². The van der Waals surface area contributed by atoms with Gasteiger partial charge in [-0.05, 0) is 37.5 Å². The van der Waals surface area contributed by atoms with E-state index in [1.54, 1.807) is 0 Å². The van der Waals surface area contributed by atoms with Crippen molar-refractivity contribution in [2.24, 2.45) is 0 Å². The molecule has 21 heavy (non-hydrogen) atoms. The lowest BCUT2D eigenvalue weighted by Crippen LogP contribution is -2.14. The van der Waals surface area contributed by atoms with E-state index in [2.05, 4.69) is 14.9 Å². The Morgan fingerprint density at radius 1 is 1.14 bits per heavy atom. The minimum atomic E-state index is 0.531. The van der Waals surface area contributed by atoms with Gasteiger partial charge in [-0.1, -0.05) is 42.5 Å². The van der Waals surface area contributed by atoms with Crippen LogP contribution in [0.1, 0.15) is 43.7 Å². The molecule has 2 aromatic rings. The van der Waals surface area contributed by atoms with Crippen molar-refractivity contribution >= 4 is 34.8 Å². The lowest BCUT2D eigenvalue weighted by molar-refractivity contribution is 0.356. The molecule has 0 bridgehead atoms. The molecule has 0 atom stereocenters. The van der Waals surface area contributed by atoms with E-state index in [1.807, 2.05) is 31.5 Å². The summed E-state index contributed by atoms with van der Waals surface area (Å²) in [6, 6.07) is 4.27. The highest BCUT2D eigenvalue weighted by atomic mass is 35.5. The van der Waals surface area contributed by atoms with Crippen LogP contribution in [0.2, 0.25) is 10.0 Å². The minimum absolute atomic E-state index is 0.531. The Morgan fingerprint density at radius 2 is 1.90 bits per heavy atom. The van der Waals surface area contributed by atoms with E-state index < -0.39 is 0 Å². The number of hydrogen-bond acceptors (Lipinski definition) is 2. The van der Waals surface area contributed by atoms with E-state index in [0.29, 0.717) is 16.1 Å². The number of nitrogens with zero attached hydrogens (tertiary/aromatic N) is 2. The zero-order chi connectivity index (χ0) is 14.8. The van der Waals surface area contributed by atoms with Crippen molar-refractivity contribution in [3.8, 4) is 0 Å². The number of imidazole rings is 1. The molecule has 3 nitrogen and oxygen atoms in total. The summed E-state index contributed by atoms with van der Waals surface area (Å²) >= 11 is 12.5. The summed E-state index contributed by atoms with van der Waals surface area (Å²) < 4.78 is 2.23. The first kappa shape index (κ1) is 14.7. The number of nitrogens with one attached hydrogen (secondary N) is 1. The summed E-state index contributed by atoms with van der Waals surface area (Å²) in [5.74, 6) is 0.837. The van der Waals surface area contributed by atoms with Gasteiger partial charge in [0.05, 0.1) is 10.7 Å². The minimum Gasteiger partial charge on any atom is -0.324 e. The molecule has 0 spiro atoms. The van der Waals surface area contributed by atoms with Gasteiger partial charge in [0.15, 0.2) is 0 Å². The number of anilines is 2. The standard InChI is InChI=1S/C16H19Cl2N3/c1-11-9-14(18)15(10-13(11)17)20-16-19-7-8-21(16)12-5-3-2-4-6-12/h7-10,12H,2-6H2,1H3,(H,19,20). The Balaban J connectivity index is 1.85. The summed E-state index contributed by atoms with van der Waals surface area (Å²) in [6.07, 6.45) is 10.2. The molecule has 1 saturated carbocycles. The van der Waals surface area contributed by atoms with Gasteiger partial charge in [-0.3, -0.25) is 0 Å². The SMILES string of the molecule is Cc1cc(Cl)c(Nc2nccn2C2CCCCC2)cc1Cl. The van der Waals surface area contributed by atoms with Crippen LogP contribution in [0.4, 0.5) is 11.6 Å². The molecular weight excluding hydrogens is 305 g/mol. The second-order valence-corrected chi connectivity index (χ2v) is 6.47. The molecule has 0 amide bonds. The largest absolute Gasteiger partial charge is 0.324 e. The van der Waals surface area contributed by atoms with Crippen LogP contribution in [-0.2, 0) is 0 Å². The molecule has 112 valence electrons. The normalized spacial score (nSPS) is 16.1. The highest BCUT2D eigenvalue weighted by molar-refractivity contribution is 6.35. The number of aromatic nitrogens is 2. The van der Waals surface area contributed by atoms with Crippen molar-refractivity contribution in [2.45, 2.75) is 45.1 Å². The molecule has 1 aromatic heterocycles. The third-order valence-electron chi connectivity index (χ3n) is 4.13. The van der Waals surface area contributed by atoms with Crippen LogP contribution < -0.4 is 5.32 Å². The number of hydrogen-bond donors (Lipinski definition) is 1. The van der Waals surface area contributed by atoms with Crippen molar-refractivity contribution in [1.29, 1.82) is 0 Å². The van der Waals surface area contributed by atoms with Gasteiger partial charge in [0.25, 0.3) is 0 Å². The van der Waals surface area contributed by atoms with Gasteiger partial charge in [0, 0.05) is 23.5 Å². The van der Waals surface area contributed by atoms with Gasteiger partial charge in [0.1, 0.15) is 0 Å². The van der Waals surface area contributed by atoms with Crippen LogP contribution in [0.5, 0.6) is 0 Å². The molecule has 0 unspecified atom stereocenters. The molecule has 1 heterocycles. The maximum Gasteiger partial charge on any atom is 0.207 e. The van der Waals surface area contributed by atoms with Gasteiger partial charge < -0.3 is 9.88 Å². The third kappa shape index (κ3) is 3.19. The van der Waals surface area contributed by atoms with E-state index in [9.17, 15) is 0 Å². The molecule has 1 N–H and O–H groups in total. The van der Waals surface area contributed by atoms with Crippen LogP contribution in [-0.4, -0.2) is 9.55 Å². The van der Waals surface area contributed by atoms with Crippen LogP contribution in [0, 0.1) is 6.92 Å². The van der Waals surface area contributed by atoms with Crippen molar-refractivity contribution in [3.05, 3.63) is 40.1 Å². The van der Waals surface area contributed by atoms with E-state index in [0.717, 1.165) is 17.2 Å². The highest BCUT2D eigenvalue weighted by Gasteiger charge is 2.18. The van der Waals surface area contributed by atoms with E-state index in [1.165, 1.54) is 32.1 Å². The van der Waals surface area contributed by atoms with Crippen LogP contribution in [0.15, 0.2) is 24.5 Å². The summed E-state index contributed by atoms with van der Waals surface area (Å²) in [5.41, 5.74) is 1.78. The van der Waals surface area contributed by atoms with Gasteiger partial charge in [-0.2, -0.15) is 0 Å². The average Bonchev–Trinajstić information content (AvgIpc) is 2.94. The van der Waals surface area contributed by atoms with E-state index >= 15 is 0 Å². The Kier molecular flexibility index (Phi) is 4.41. The van der Waals surface area contributed by atoms with Gasteiger partial charge in [-0.25, -0.2) is 4.98 Å². The number of rotatable bonds is 3. The molecule has 3 rings (SSSR count). The summed E-state index contributed by atoms with van der Waals surface area (Å²) in [5, 5.41) is 4.69. The van der Waals surface area contributed by atoms with E-state index in [-0.39, 0.29) is 0 Å². The molecule has 0 saturated heterocycles. The topological polar surface area (TPSA) is 29.9 Å². The average molecular weight is 324 g/mol. The molecule has 1 fully saturated rings. The molecule has 1 aromatic carbocycles. The number of aryl methyl sites for hydroxylation is 1. The lowest BCUT2D eigenvalue weighted by Gasteiger charge is -2.25. The Morgan fingerprint density at radius 3 is 2.67 bits per heavy atom. The molecule has 0 radical (unpaired) electrons. The Labute approximate surface area is 135 Å². The van der Waals surface area contributed by atoms with Gasteiger partial charge in [0.2, 0.25) is 5.95 Å².